The molecule has 4 nitrogen and oxygen atoms in total. The number of ether oxygens (including phenoxy) is 1. The van der Waals surface area contributed by atoms with Crippen molar-refractivity contribution in [2.45, 2.75) is 45.2 Å². The quantitative estimate of drug-likeness (QED) is 0.933. The van der Waals surface area contributed by atoms with Crippen LogP contribution in [0.3, 0.4) is 0 Å². The van der Waals surface area contributed by atoms with E-state index in [1.807, 2.05) is 25.1 Å². The number of amides is 1. The molecule has 1 aromatic rings. The Kier molecular flexibility index (Phi) is 3.89. The summed E-state index contributed by atoms with van der Waals surface area (Å²) in [6.07, 6.45) is 2.38. The van der Waals surface area contributed by atoms with E-state index in [1.54, 1.807) is 7.11 Å². The fourth-order valence-electron chi connectivity index (χ4n) is 4.12. The maximum absolute atomic E-state index is 12.7. The minimum atomic E-state index is 0.0255. The Morgan fingerprint density at radius 3 is 2.55 bits per heavy atom. The standard InChI is InChI=1S/C18H26N2O2/c1-12-11-14(5-6-15(12)22-4)17(21)19-16-13-7-9-20(10-8-13)18(16,2)3/h5-6,11,13,16H,7-10H2,1-4H3,(H,19,21)/t16-/m0/s1. The van der Waals surface area contributed by atoms with Crippen molar-refractivity contribution < 1.29 is 9.53 Å². The van der Waals surface area contributed by atoms with Crippen LogP contribution in [0.5, 0.6) is 5.75 Å². The molecule has 4 rings (SSSR count). The highest BCUT2D eigenvalue weighted by atomic mass is 16.5. The molecule has 3 saturated heterocycles. The first-order chi connectivity index (χ1) is 10.4. The van der Waals surface area contributed by atoms with Gasteiger partial charge >= 0.3 is 0 Å². The topological polar surface area (TPSA) is 41.6 Å². The molecule has 0 unspecified atom stereocenters. The van der Waals surface area contributed by atoms with Crippen molar-refractivity contribution in [3.8, 4) is 5.75 Å². The van der Waals surface area contributed by atoms with Gasteiger partial charge in [0.25, 0.3) is 5.91 Å². The van der Waals surface area contributed by atoms with E-state index in [4.69, 9.17) is 4.74 Å². The highest BCUT2D eigenvalue weighted by Crippen LogP contribution is 2.39. The van der Waals surface area contributed by atoms with Crippen LogP contribution in [0, 0.1) is 12.8 Å². The maximum Gasteiger partial charge on any atom is 0.251 e. The number of benzene rings is 1. The van der Waals surface area contributed by atoms with Gasteiger partial charge in [-0.3, -0.25) is 9.69 Å². The van der Waals surface area contributed by atoms with E-state index >= 15 is 0 Å². The molecule has 22 heavy (non-hydrogen) atoms. The zero-order valence-corrected chi connectivity index (χ0v) is 14.0. The summed E-state index contributed by atoms with van der Waals surface area (Å²) in [4.78, 5) is 15.2. The summed E-state index contributed by atoms with van der Waals surface area (Å²) in [7, 11) is 1.65. The average molecular weight is 302 g/mol. The van der Waals surface area contributed by atoms with E-state index in [-0.39, 0.29) is 17.5 Å². The summed E-state index contributed by atoms with van der Waals surface area (Å²) in [5.74, 6) is 1.44. The molecular weight excluding hydrogens is 276 g/mol. The number of hydrogen-bond acceptors (Lipinski definition) is 3. The number of piperidine rings is 3. The third kappa shape index (κ3) is 2.50. The van der Waals surface area contributed by atoms with Crippen LogP contribution in [0.1, 0.15) is 42.6 Å². The second-order valence-electron chi connectivity index (χ2n) is 7.11. The fraction of sp³-hybridized carbons (Fsp3) is 0.611. The molecule has 0 aromatic heterocycles. The van der Waals surface area contributed by atoms with Crippen LogP contribution in [-0.2, 0) is 0 Å². The van der Waals surface area contributed by atoms with Gasteiger partial charge in [0.2, 0.25) is 0 Å². The third-order valence-corrected chi connectivity index (χ3v) is 5.53. The Balaban J connectivity index is 1.78. The SMILES string of the molecule is COc1ccc(C(=O)N[C@H]2C3CCN(CC3)C2(C)C)cc1C. The van der Waals surface area contributed by atoms with Gasteiger partial charge in [-0.25, -0.2) is 0 Å². The molecule has 0 spiro atoms. The Hall–Kier alpha value is -1.55. The minimum absolute atomic E-state index is 0.0255. The molecule has 0 radical (unpaired) electrons. The van der Waals surface area contributed by atoms with Crippen LogP contribution in [0.2, 0.25) is 0 Å². The summed E-state index contributed by atoms with van der Waals surface area (Å²) >= 11 is 0. The lowest BCUT2D eigenvalue weighted by Gasteiger charge is -2.56. The third-order valence-electron chi connectivity index (χ3n) is 5.53. The molecule has 0 aliphatic carbocycles. The van der Waals surface area contributed by atoms with Crippen molar-refractivity contribution >= 4 is 5.91 Å². The summed E-state index contributed by atoms with van der Waals surface area (Å²) in [5.41, 5.74) is 1.74. The van der Waals surface area contributed by atoms with Crippen molar-refractivity contribution in [3.05, 3.63) is 29.3 Å². The first-order valence-electron chi connectivity index (χ1n) is 8.14. The monoisotopic (exact) mass is 302 g/mol. The van der Waals surface area contributed by atoms with Crippen LogP contribution in [0.4, 0.5) is 0 Å². The Labute approximate surface area is 132 Å². The van der Waals surface area contributed by atoms with Crippen LogP contribution >= 0.6 is 0 Å². The Morgan fingerprint density at radius 1 is 1.32 bits per heavy atom. The number of aryl methyl sites for hydroxylation is 1. The average Bonchev–Trinajstić information content (AvgIpc) is 2.51. The lowest BCUT2D eigenvalue weighted by molar-refractivity contribution is -0.0378. The number of rotatable bonds is 3. The van der Waals surface area contributed by atoms with Crippen LogP contribution in [0.25, 0.3) is 0 Å². The number of nitrogens with zero attached hydrogens (tertiary/aromatic N) is 1. The number of fused-ring (bicyclic) bond motifs is 3. The van der Waals surface area contributed by atoms with Crippen molar-refractivity contribution in [1.82, 2.24) is 10.2 Å². The van der Waals surface area contributed by atoms with Gasteiger partial charge in [0.05, 0.1) is 7.11 Å². The smallest absolute Gasteiger partial charge is 0.251 e. The summed E-state index contributed by atoms with van der Waals surface area (Å²) < 4.78 is 5.26. The lowest BCUT2D eigenvalue weighted by Crippen LogP contribution is -2.69. The second-order valence-corrected chi connectivity index (χ2v) is 7.11. The maximum atomic E-state index is 12.7. The van der Waals surface area contributed by atoms with Crippen molar-refractivity contribution in [1.29, 1.82) is 0 Å². The first kappa shape index (κ1) is 15.3. The van der Waals surface area contributed by atoms with Crippen LogP contribution in [0.15, 0.2) is 18.2 Å². The van der Waals surface area contributed by atoms with E-state index in [0.29, 0.717) is 11.5 Å². The van der Waals surface area contributed by atoms with Crippen LogP contribution in [-0.4, -0.2) is 42.6 Å². The van der Waals surface area contributed by atoms with Crippen molar-refractivity contribution in [2.75, 3.05) is 20.2 Å². The van der Waals surface area contributed by atoms with Gasteiger partial charge in [-0.2, -0.15) is 0 Å². The van der Waals surface area contributed by atoms with Gasteiger partial charge in [0.1, 0.15) is 5.75 Å². The number of nitrogens with one attached hydrogen (secondary N) is 1. The zero-order valence-electron chi connectivity index (χ0n) is 14.0. The lowest BCUT2D eigenvalue weighted by atomic mass is 9.72. The molecule has 3 heterocycles. The van der Waals surface area contributed by atoms with Crippen LogP contribution < -0.4 is 10.1 Å². The predicted molar refractivity (Wildman–Crippen MR) is 87.4 cm³/mol. The number of hydrogen-bond donors (Lipinski definition) is 1. The van der Waals surface area contributed by atoms with Gasteiger partial charge in [-0.1, -0.05) is 0 Å². The predicted octanol–water partition coefficient (Wildman–Crippen LogP) is 2.61. The highest BCUT2D eigenvalue weighted by Gasteiger charge is 2.48. The molecular formula is C18H26N2O2. The number of carbonyl (C=O) groups excluding carboxylic acids is 1. The zero-order chi connectivity index (χ0) is 15.9. The molecule has 3 aliphatic rings. The molecule has 0 saturated carbocycles. The molecule has 3 fully saturated rings. The van der Waals surface area contributed by atoms with Crippen molar-refractivity contribution in [2.24, 2.45) is 5.92 Å². The molecule has 120 valence electrons. The van der Waals surface area contributed by atoms with Crippen molar-refractivity contribution in [3.63, 3.8) is 0 Å². The van der Waals surface area contributed by atoms with Gasteiger partial charge in [-0.05, 0) is 76.4 Å². The second kappa shape index (κ2) is 5.58. The number of carbonyl (C=O) groups is 1. The molecule has 1 atom stereocenters. The van der Waals surface area contributed by atoms with Gasteiger partial charge in [-0.15, -0.1) is 0 Å². The Bertz CT molecular complexity index is 574. The normalized spacial score (nSPS) is 29.2. The van der Waals surface area contributed by atoms with E-state index in [1.165, 1.54) is 12.8 Å². The molecule has 4 heteroatoms. The summed E-state index contributed by atoms with van der Waals surface area (Å²) in [6, 6.07) is 5.84. The first-order valence-corrected chi connectivity index (χ1v) is 8.14. The van der Waals surface area contributed by atoms with Gasteiger partial charge in [0.15, 0.2) is 0 Å². The van der Waals surface area contributed by atoms with E-state index in [9.17, 15) is 4.79 Å². The van der Waals surface area contributed by atoms with Gasteiger partial charge < -0.3 is 10.1 Å². The summed E-state index contributed by atoms with van der Waals surface area (Å²) in [5, 5.41) is 3.30. The van der Waals surface area contributed by atoms with E-state index in [0.717, 1.165) is 24.4 Å². The Morgan fingerprint density at radius 2 is 2.00 bits per heavy atom. The number of methoxy groups -OCH3 is 1. The minimum Gasteiger partial charge on any atom is -0.496 e. The summed E-state index contributed by atoms with van der Waals surface area (Å²) in [6.45, 7) is 8.79. The molecule has 2 bridgehead atoms. The molecule has 1 aromatic carbocycles. The highest BCUT2D eigenvalue weighted by molar-refractivity contribution is 5.94. The molecule has 3 aliphatic heterocycles. The van der Waals surface area contributed by atoms with E-state index < -0.39 is 0 Å². The van der Waals surface area contributed by atoms with E-state index in [2.05, 4.69) is 24.1 Å². The molecule has 1 N–H and O–H groups in total. The molecule has 1 amide bonds. The van der Waals surface area contributed by atoms with Gasteiger partial charge in [0, 0.05) is 17.1 Å². The fourth-order valence-corrected chi connectivity index (χ4v) is 4.12. The largest absolute Gasteiger partial charge is 0.496 e.